The predicted octanol–water partition coefficient (Wildman–Crippen LogP) is 2.76. The summed E-state index contributed by atoms with van der Waals surface area (Å²) in [6, 6.07) is 4.99. The Labute approximate surface area is 93.3 Å². The molecule has 1 aromatic heterocycles. The van der Waals surface area contributed by atoms with E-state index in [1.165, 1.54) is 0 Å². The lowest BCUT2D eigenvalue weighted by molar-refractivity contribution is 0.477. The highest BCUT2D eigenvalue weighted by atomic mass is 16.4. The summed E-state index contributed by atoms with van der Waals surface area (Å²) in [7, 11) is 0. The molecule has 0 aliphatic carbocycles. The number of aromatic hydroxyl groups is 1. The normalized spacial score (nSPS) is 10.9. The monoisotopic (exact) mass is 218 g/mol. The van der Waals surface area contributed by atoms with E-state index in [1.807, 2.05) is 6.92 Å². The van der Waals surface area contributed by atoms with Gasteiger partial charge in [-0.05, 0) is 31.0 Å². The number of aryl methyl sites for hydroxylation is 1. The van der Waals surface area contributed by atoms with E-state index in [-0.39, 0.29) is 11.4 Å². The maximum Gasteiger partial charge on any atom is 0.339 e. The Morgan fingerprint density at radius 3 is 2.81 bits per heavy atom. The van der Waals surface area contributed by atoms with E-state index in [0.717, 1.165) is 18.4 Å². The minimum Gasteiger partial charge on any atom is -0.507 e. The van der Waals surface area contributed by atoms with Gasteiger partial charge in [-0.3, -0.25) is 0 Å². The van der Waals surface area contributed by atoms with Gasteiger partial charge in [0.15, 0.2) is 0 Å². The van der Waals surface area contributed by atoms with Crippen LogP contribution < -0.4 is 5.63 Å². The van der Waals surface area contributed by atoms with Crippen molar-refractivity contribution in [2.45, 2.75) is 26.7 Å². The van der Waals surface area contributed by atoms with Gasteiger partial charge in [0.05, 0.1) is 5.39 Å². The summed E-state index contributed by atoms with van der Waals surface area (Å²) in [6.07, 6.45) is 1.69. The number of phenolic OH excluding ortho intramolecular Hbond substituents is 1. The minimum absolute atomic E-state index is 0.174. The molecule has 1 N–H and O–H groups in total. The van der Waals surface area contributed by atoms with Crippen molar-refractivity contribution in [2.24, 2.45) is 0 Å². The molecule has 0 spiro atoms. The van der Waals surface area contributed by atoms with E-state index in [2.05, 4.69) is 0 Å². The molecule has 2 aromatic rings. The molecule has 0 radical (unpaired) electrons. The predicted molar refractivity (Wildman–Crippen MR) is 62.9 cm³/mol. The molecular formula is C13H14O3. The summed E-state index contributed by atoms with van der Waals surface area (Å²) in [4.78, 5) is 11.6. The number of benzene rings is 1. The highest BCUT2D eigenvalue weighted by Crippen LogP contribution is 2.29. The Hall–Kier alpha value is -1.77. The van der Waals surface area contributed by atoms with Crippen molar-refractivity contribution >= 4 is 11.0 Å². The molecule has 1 heterocycles. The summed E-state index contributed by atoms with van der Waals surface area (Å²) >= 11 is 0. The van der Waals surface area contributed by atoms with Gasteiger partial charge in [-0.1, -0.05) is 19.4 Å². The average Bonchev–Trinajstić information content (AvgIpc) is 2.25. The molecule has 1 aromatic carbocycles. The Kier molecular flexibility index (Phi) is 2.69. The second-order valence-electron chi connectivity index (χ2n) is 3.89. The lowest BCUT2D eigenvalue weighted by atomic mass is 10.0. The van der Waals surface area contributed by atoms with Crippen LogP contribution in [0.1, 0.15) is 24.5 Å². The molecule has 0 atom stereocenters. The van der Waals surface area contributed by atoms with Crippen molar-refractivity contribution in [3.63, 3.8) is 0 Å². The standard InChI is InChI=1S/C13H14O3/c1-3-5-9-8(2)13(15)16-11-7-4-6-10(14)12(9)11/h4,6-7,14H,3,5H2,1-2H3. The number of rotatable bonds is 2. The van der Waals surface area contributed by atoms with Gasteiger partial charge in [0.2, 0.25) is 0 Å². The molecule has 84 valence electrons. The van der Waals surface area contributed by atoms with E-state index < -0.39 is 0 Å². The topological polar surface area (TPSA) is 50.4 Å². The third-order valence-corrected chi connectivity index (χ3v) is 2.77. The quantitative estimate of drug-likeness (QED) is 0.788. The van der Waals surface area contributed by atoms with Gasteiger partial charge in [-0.15, -0.1) is 0 Å². The van der Waals surface area contributed by atoms with Gasteiger partial charge in [0.1, 0.15) is 11.3 Å². The van der Waals surface area contributed by atoms with Crippen LogP contribution >= 0.6 is 0 Å². The van der Waals surface area contributed by atoms with Crippen molar-refractivity contribution in [3.8, 4) is 5.75 Å². The highest BCUT2D eigenvalue weighted by molar-refractivity contribution is 5.87. The number of hydrogen-bond donors (Lipinski definition) is 1. The van der Waals surface area contributed by atoms with Crippen molar-refractivity contribution in [2.75, 3.05) is 0 Å². The van der Waals surface area contributed by atoms with E-state index >= 15 is 0 Å². The Balaban J connectivity index is 2.91. The molecule has 0 saturated heterocycles. The van der Waals surface area contributed by atoms with Gasteiger partial charge < -0.3 is 9.52 Å². The first-order valence-corrected chi connectivity index (χ1v) is 5.39. The van der Waals surface area contributed by atoms with Crippen molar-refractivity contribution in [3.05, 3.63) is 39.7 Å². The van der Waals surface area contributed by atoms with Crippen LogP contribution in [0, 0.1) is 6.92 Å². The summed E-state index contributed by atoms with van der Waals surface area (Å²) in [5.41, 5.74) is 1.63. The second kappa shape index (κ2) is 4.00. The van der Waals surface area contributed by atoms with E-state index in [0.29, 0.717) is 16.5 Å². The Morgan fingerprint density at radius 1 is 1.38 bits per heavy atom. The molecule has 0 amide bonds. The molecular weight excluding hydrogens is 204 g/mol. The van der Waals surface area contributed by atoms with Crippen molar-refractivity contribution in [1.29, 1.82) is 0 Å². The van der Waals surface area contributed by atoms with E-state index in [9.17, 15) is 9.90 Å². The molecule has 0 saturated carbocycles. The van der Waals surface area contributed by atoms with Gasteiger partial charge in [0.25, 0.3) is 0 Å². The third-order valence-electron chi connectivity index (χ3n) is 2.77. The molecule has 0 aliphatic heterocycles. The summed E-state index contributed by atoms with van der Waals surface area (Å²) < 4.78 is 5.14. The van der Waals surface area contributed by atoms with Crippen LogP contribution in [0.15, 0.2) is 27.4 Å². The molecule has 0 fully saturated rings. The molecule has 0 bridgehead atoms. The third kappa shape index (κ3) is 1.58. The van der Waals surface area contributed by atoms with Crippen LogP contribution in [0.2, 0.25) is 0 Å². The maximum absolute atomic E-state index is 11.6. The van der Waals surface area contributed by atoms with Gasteiger partial charge in [0, 0.05) is 5.56 Å². The zero-order valence-corrected chi connectivity index (χ0v) is 9.41. The number of phenols is 1. The fourth-order valence-corrected chi connectivity index (χ4v) is 1.96. The summed E-state index contributed by atoms with van der Waals surface area (Å²) in [6.45, 7) is 3.78. The second-order valence-corrected chi connectivity index (χ2v) is 3.89. The molecule has 0 unspecified atom stereocenters. The zero-order valence-electron chi connectivity index (χ0n) is 9.41. The minimum atomic E-state index is -0.318. The van der Waals surface area contributed by atoms with Crippen molar-refractivity contribution < 1.29 is 9.52 Å². The van der Waals surface area contributed by atoms with Crippen molar-refractivity contribution in [1.82, 2.24) is 0 Å². The van der Waals surface area contributed by atoms with Crippen LogP contribution in [0.5, 0.6) is 5.75 Å². The molecule has 3 heteroatoms. The van der Waals surface area contributed by atoms with E-state index in [4.69, 9.17) is 4.42 Å². The largest absolute Gasteiger partial charge is 0.507 e. The van der Waals surface area contributed by atoms with Crippen LogP contribution in [-0.2, 0) is 6.42 Å². The first kappa shape index (κ1) is 10.7. The smallest absolute Gasteiger partial charge is 0.339 e. The molecule has 2 rings (SSSR count). The lowest BCUT2D eigenvalue weighted by Crippen LogP contribution is -2.07. The van der Waals surface area contributed by atoms with Gasteiger partial charge in [-0.2, -0.15) is 0 Å². The lowest BCUT2D eigenvalue weighted by Gasteiger charge is -2.08. The summed E-state index contributed by atoms with van der Waals surface area (Å²) in [5, 5.41) is 10.5. The van der Waals surface area contributed by atoms with Crippen LogP contribution in [0.25, 0.3) is 11.0 Å². The Bertz CT molecular complexity index is 581. The number of hydrogen-bond acceptors (Lipinski definition) is 3. The first-order valence-electron chi connectivity index (χ1n) is 5.39. The van der Waals surface area contributed by atoms with Crippen LogP contribution in [0.4, 0.5) is 0 Å². The molecule has 0 aliphatic rings. The van der Waals surface area contributed by atoms with E-state index in [1.54, 1.807) is 25.1 Å². The molecule has 16 heavy (non-hydrogen) atoms. The zero-order chi connectivity index (χ0) is 11.7. The SMILES string of the molecule is CCCc1c(C)c(=O)oc2cccc(O)c12. The van der Waals surface area contributed by atoms with Gasteiger partial charge >= 0.3 is 5.63 Å². The maximum atomic E-state index is 11.6. The fraction of sp³-hybridized carbons (Fsp3) is 0.308. The number of fused-ring (bicyclic) bond motifs is 1. The van der Waals surface area contributed by atoms with Crippen LogP contribution in [0.3, 0.4) is 0 Å². The Morgan fingerprint density at radius 2 is 2.12 bits per heavy atom. The summed E-state index contributed by atoms with van der Waals surface area (Å²) in [5.74, 6) is 0.174. The average molecular weight is 218 g/mol. The first-order chi connectivity index (χ1) is 7.65. The van der Waals surface area contributed by atoms with Gasteiger partial charge in [-0.25, -0.2) is 4.79 Å². The highest BCUT2D eigenvalue weighted by Gasteiger charge is 2.12. The van der Waals surface area contributed by atoms with Crippen LogP contribution in [-0.4, -0.2) is 5.11 Å². The molecule has 3 nitrogen and oxygen atoms in total. The fourth-order valence-electron chi connectivity index (χ4n) is 1.96.